The number of amides is 1. The van der Waals surface area contributed by atoms with E-state index < -0.39 is 0 Å². The van der Waals surface area contributed by atoms with Crippen molar-refractivity contribution in [1.29, 1.82) is 0 Å². The van der Waals surface area contributed by atoms with Gasteiger partial charge in [-0.2, -0.15) is 0 Å². The number of carbonyl (C=O) groups is 1. The minimum absolute atomic E-state index is 0.0327. The smallest absolute Gasteiger partial charge is 0.230 e. The van der Waals surface area contributed by atoms with Crippen molar-refractivity contribution in [2.45, 2.75) is 13.0 Å². The number of anilines is 1. The lowest BCUT2D eigenvalue weighted by atomic mass is 10.0. The van der Waals surface area contributed by atoms with Gasteiger partial charge in [0.05, 0.1) is 6.61 Å². The molecule has 1 aliphatic rings. The number of carbonyl (C=O) groups excluding carboxylic acids is 1. The summed E-state index contributed by atoms with van der Waals surface area (Å²) in [4.78, 5) is 18.5. The molecule has 0 aliphatic heterocycles. The third-order valence-electron chi connectivity index (χ3n) is 5.14. The quantitative estimate of drug-likeness (QED) is 0.489. The first-order valence-electron chi connectivity index (χ1n) is 9.34. The Hall–Kier alpha value is -2.98. The highest BCUT2D eigenvalue weighted by atomic mass is 16.5. The van der Waals surface area contributed by atoms with Crippen molar-refractivity contribution < 1.29 is 9.53 Å². The maximum Gasteiger partial charge on any atom is 0.230 e. The molecule has 1 amide bonds. The lowest BCUT2D eigenvalue weighted by Gasteiger charge is -2.18. The summed E-state index contributed by atoms with van der Waals surface area (Å²) in [7, 11) is 3.52. The maximum absolute atomic E-state index is 12.8. The molecule has 4 heteroatoms. The third-order valence-corrected chi connectivity index (χ3v) is 5.14. The van der Waals surface area contributed by atoms with E-state index >= 15 is 0 Å². The molecule has 28 heavy (non-hydrogen) atoms. The van der Waals surface area contributed by atoms with Crippen molar-refractivity contribution in [2.75, 3.05) is 19.1 Å². The first-order valence-corrected chi connectivity index (χ1v) is 9.34. The van der Waals surface area contributed by atoms with Crippen LogP contribution in [0.4, 0.5) is 5.69 Å². The van der Waals surface area contributed by atoms with E-state index in [1.165, 1.54) is 0 Å². The number of rotatable bonds is 8. The van der Waals surface area contributed by atoms with Gasteiger partial charge >= 0.3 is 0 Å². The second-order valence-electron chi connectivity index (χ2n) is 7.01. The number of nitrogens with zero attached hydrogens (tertiary/aromatic N) is 2. The Kier molecular flexibility index (Phi) is 6.22. The Morgan fingerprint density at radius 3 is 2.29 bits per heavy atom. The minimum atomic E-state index is -0.0327. The number of allylic oxidation sites excluding steroid dienone is 3. The number of ether oxygens (including phenoxy) is 1. The van der Waals surface area contributed by atoms with E-state index in [4.69, 9.17) is 4.74 Å². The molecule has 0 spiro atoms. The number of hydrogen-bond donors (Lipinski definition) is 0. The Bertz CT molecular complexity index is 882. The highest BCUT2D eigenvalue weighted by Crippen LogP contribution is 2.46. The van der Waals surface area contributed by atoms with Crippen LogP contribution in [0.3, 0.4) is 0 Å². The summed E-state index contributed by atoms with van der Waals surface area (Å²) in [5.74, 6) is 0.227. The normalized spacial score (nSPS) is 18.4. The fourth-order valence-electron chi connectivity index (χ4n) is 3.42. The van der Waals surface area contributed by atoms with Crippen molar-refractivity contribution in [3.05, 3.63) is 78.5 Å². The zero-order valence-electron chi connectivity index (χ0n) is 16.5. The van der Waals surface area contributed by atoms with E-state index in [9.17, 15) is 4.79 Å². The second kappa shape index (κ2) is 8.81. The van der Waals surface area contributed by atoms with Crippen LogP contribution in [0.15, 0.2) is 78.0 Å². The van der Waals surface area contributed by atoms with Gasteiger partial charge in [-0.25, -0.2) is 0 Å². The number of benzene rings is 2. The van der Waals surface area contributed by atoms with Gasteiger partial charge in [0.1, 0.15) is 0 Å². The van der Waals surface area contributed by atoms with Gasteiger partial charge in [-0.15, -0.1) is 0 Å². The molecular weight excluding hydrogens is 348 g/mol. The van der Waals surface area contributed by atoms with Crippen molar-refractivity contribution in [2.24, 2.45) is 16.8 Å². The zero-order chi connectivity index (χ0) is 20.1. The van der Waals surface area contributed by atoms with Crippen molar-refractivity contribution in [1.82, 2.24) is 0 Å². The van der Waals surface area contributed by atoms with Crippen LogP contribution in [0, 0.1) is 11.8 Å². The van der Waals surface area contributed by atoms with Gasteiger partial charge in [0.2, 0.25) is 5.91 Å². The summed E-state index contributed by atoms with van der Waals surface area (Å²) in [6.07, 6.45) is 4.33. The van der Waals surface area contributed by atoms with Crippen LogP contribution in [0.5, 0.6) is 0 Å². The summed E-state index contributed by atoms with van der Waals surface area (Å²) in [5.41, 5.74) is 5.13. The van der Waals surface area contributed by atoms with Crippen molar-refractivity contribution in [3.63, 3.8) is 0 Å². The van der Waals surface area contributed by atoms with Gasteiger partial charge in [0.15, 0.2) is 0 Å². The van der Waals surface area contributed by atoms with Crippen molar-refractivity contribution in [3.8, 4) is 11.1 Å². The van der Waals surface area contributed by atoms with Crippen LogP contribution in [-0.4, -0.2) is 26.8 Å². The predicted octanol–water partition coefficient (Wildman–Crippen LogP) is 4.87. The highest BCUT2D eigenvalue weighted by Gasteiger charge is 2.46. The predicted molar refractivity (Wildman–Crippen MR) is 115 cm³/mol. The number of aliphatic imine (C=N–C) groups is 1. The zero-order valence-corrected chi connectivity index (χ0v) is 16.5. The van der Waals surface area contributed by atoms with E-state index in [-0.39, 0.29) is 17.7 Å². The Labute approximate surface area is 166 Å². The van der Waals surface area contributed by atoms with Gasteiger partial charge in [0, 0.05) is 37.4 Å². The van der Waals surface area contributed by atoms with Crippen LogP contribution in [0.1, 0.15) is 12.0 Å². The van der Waals surface area contributed by atoms with E-state index in [0.29, 0.717) is 6.61 Å². The highest BCUT2D eigenvalue weighted by molar-refractivity contribution is 5.97. The van der Waals surface area contributed by atoms with Crippen LogP contribution in [-0.2, 0) is 16.1 Å². The fraction of sp³-hybridized carbons (Fsp3) is 0.250. The largest absolute Gasteiger partial charge is 0.380 e. The molecule has 0 heterocycles. The standard InChI is InChI=1S/C24H26N2O2/c1-5-6-23(25-2)21-15-22(21)24(27)26(3)20-13-11-19(12-14-20)18-9-7-17(8-10-18)16-28-4/h5-14,21-22H,1-2,15-16H2,3-4H3/b23-6-. The van der Waals surface area contributed by atoms with Crippen molar-refractivity contribution >= 4 is 18.3 Å². The van der Waals surface area contributed by atoms with Gasteiger partial charge in [-0.1, -0.05) is 49.1 Å². The number of hydrogen-bond acceptors (Lipinski definition) is 3. The van der Waals surface area contributed by atoms with Crippen LogP contribution in [0.2, 0.25) is 0 Å². The molecule has 0 radical (unpaired) electrons. The average molecular weight is 374 g/mol. The molecule has 2 unspecified atom stereocenters. The maximum atomic E-state index is 12.8. The van der Waals surface area contributed by atoms with Crippen LogP contribution in [0.25, 0.3) is 11.1 Å². The molecule has 144 valence electrons. The summed E-state index contributed by atoms with van der Waals surface area (Å²) in [6.45, 7) is 7.90. The van der Waals surface area contributed by atoms with E-state index in [1.54, 1.807) is 18.1 Å². The van der Waals surface area contributed by atoms with Gasteiger partial charge < -0.3 is 9.64 Å². The Morgan fingerprint density at radius 1 is 1.14 bits per heavy atom. The molecular formula is C24H26N2O2. The SMILES string of the molecule is C=C/C=C(\N=C)C1CC1C(=O)N(C)c1ccc(-c2ccc(COC)cc2)cc1. The Morgan fingerprint density at radius 2 is 1.75 bits per heavy atom. The lowest BCUT2D eigenvalue weighted by Crippen LogP contribution is -2.28. The molecule has 1 saturated carbocycles. The van der Waals surface area contributed by atoms with Gasteiger partial charge in [0.25, 0.3) is 0 Å². The fourth-order valence-corrected chi connectivity index (χ4v) is 3.42. The molecule has 0 aromatic heterocycles. The molecule has 0 saturated heterocycles. The van der Waals surface area contributed by atoms with E-state index in [2.05, 4.69) is 42.6 Å². The number of methoxy groups -OCH3 is 1. The molecule has 0 N–H and O–H groups in total. The van der Waals surface area contributed by atoms with Crippen LogP contribution < -0.4 is 4.90 Å². The van der Waals surface area contributed by atoms with Gasteiger partial charge in [-0.3, -0.25) is 9.79 Å². The molecule has 3 rings (SSSR count). The van der Waals surface area contributed by atoms with Gasteiger partial charge in [-0.05, 0) is 48.0 Å². The minimum Gasteiger partial charge on any atom is -0.380 e. The monoisotopic (exact) mass is 374 g/mol. The lowest BCUT2D eigenvalue weighted by molar-refractivity contribution is -0.119. The summed E-state index contributed by atoms with van der Waals surface area (Å²) in [5, 5.41) is 0. The first kappa shape index (κ1) is 19.8. The molecule has 0 bridgehead atoms. The molecule has 4 nitrogen and oxygen atoms in total. The summed E-state index contributed by atoms with van der Waals surface area (Å²) >= 11 is 0. The van der Waals surface area contributed by atoms with Crippen LogP contribution >= 0.6 is 0 Å². The summed E-state index contributed by atoms with van der Waals surface area (Å²) < 4.78 is 5.15. The third kappa shape index (κ3) is 4.29. The summed E-state index contributed by atoms with van der Waals surface area (Å²) in [6, 6.07) is 16.4. The first-order chi connectivity index (χ1) is 13.6. The molecule has 1 aliphatic carbocycles. The topological polar surface area (TPSA) is 41.9 Å². The van der Waals surface area contributed by atoms with E-state index in [1.807, 2.05) is 37.4 Å². The molecule has 1 fully saturated rings. The molecule has 2 aromatic rings. The second-order valence-corrected chi connectivity index (χ2v) is 7.01. The van der Waals surface area contributed by atoms with E-state index in [0.717, 1.165) is 34.5 Å². The molecule has 2 aromatic carbocycles. The Balaban J connectivity index is 1.67. The molecule has 2 atom stereocenters. The average Bonchev–Trinajstić information content (AvgIpc) is 3.52.